The largest absolute Gasteiger partial charge is 0.495 e. The number of carbonyl (C=O) groups is 1. The Bertz CT molecular complexity index is 1200. The van der Waals surface area contributed by atoms with Crippen molar-refractivity contribution >= 4 is 29.0 Å². The number of rotatable bonds is 8. The number of thioether (sulfide) groups is 1. The minimum absolute atomic E-state index is 0.00598. The zero-order valence-corrected chi connectivity index (χ0v) is 19.4. The van der Waals surface area contributed by atoms with Gasteiger partial charge in [0.15, 0.2) is 11.0 Å². The van der Waals surface area contributed by atoms with Crippen molar-refractivity contribution in [2.45, 2.75) is 43.3 Å². The number of nitrogens with one attached hydrogen (secondary N) is 1. The highest BCUT2D eigenvalue weighted by Crippen LogP contribution is 2.36. The molecule has 1 amide bonds. The molecule has 1 heterocycles. The second kappa shape index (κ2) is 10.6. The number of benzene rings is 2. The molecule has 11 heteroatoms. The van der Waals surface area contributed by atoms with Crippen molar-refractivity contribution in [1.29, 1.82) is 0 Å². The minimum Gasteiger partial charge on any atom is -0.495 e. The first kappa shape index (κ1) is 23.7. The van der Waals surface area contributed by atoms with Crippen molar-refractivity contribution in [2.75, 3.05) is 18.2 Å². The number of carbonyl (C=O) groups excluding carboxylic acids is 1. The third kappa shape index (κ3) is 5.19. The second-order valence-electron chi connectivity index (χ2n) is 7.93. The summed E-state index contributed by atoms with van der Waals surface area (Å²) in [5.74, 6) is 0.00594. The van der Waals surface area contributed by atoms with Crippen LogP contribution in [-0.4, -0.2) is 38.5 Å². The van der Waals surface area contributed by atoms with E-state index in [0.717, 1.165) is 32.1 Å². The van der Waals surface area contributed by atoms with Gasteiger partial charge >= 0.3 is 0 Å². The van der Waals surface area contributed by atoms with Crippen LogP contribution in [0.15, 0.2) is 47.6 Å². The molecule has 1 aromatic heterocycles. The van der Waals surface area contributed by atoms with Gasteiger partial charge in [0.1, 0.15) is 11.6 Å². The number of methoxy groups -OCH3 is 1. The van der Waals surface area contributed by atoms with E-state index in [2.05, 4.69) is 15.5 Å². The zero-order valence-electron chi connectivity index (χ0n) is 18.6. The van der Waals surface area contributed by atoms with Gasteiger partial charge in [-0.05, 0) is 31.0 Å². The normalized spacial score (nSPS) is 14.1. The van der Waals surface area contributed by atoms with E-state index in [-0.39, 0.29) is 34.9 Å². The van der Waals surface area contributed by atoms with Gasteiger partial charge in [-0.15, -0.1) is 10.2 Å². The Hall–Kier alpha value is -3.47. The second-order valence-corrected chi connectivity index (χ2v) is 8.87. The first-order valence-corrected chi connectivity index (χ1v) is 11.9. The van der Waals surface area contributed by atoms with Crippen molar-refractivity contribution in [1.82, 2.24) is 14.8 Å². The summed E-state index contributed by atoms with van der Waals surface area (Å²) in [5, 5.41) is 22.8. The van der Waals surface area contributed by atoms with Crippen LogP contribution >= 0.6 is 11.8 Å². The Morgan fingerprint density at radius 3 is 2.71 bits per heavy atom. The lowest BCUT2D eigenvalue weighted by molar-refractivity contribution is -0.384. The fraction of sp³-hybridized carbons (Fsp3) is 0.348. The van der Waals surface area contributed by atoms with Crippen LogP contribution in [0.5, 0.6) is 5.75 Å². The average Bonchev–Trinajstić information content (AvgIpc) is 3.27. The summed E-state index contributed by atoms with van der Waals surface area (Å²) >= 11 is 1.19. The van der Waals surface area contributed by atoms with Gasteiger partial charge in [-0.2, -0.15) is 0 Å². The predicted octanol–water partition coefficient (Wildman–Crippen LogP) is 5.24. The molecular formula is C23H24FN5O4S. The van der Waals surface area contributed by atoms with E-state index in [1.165, 1.54) is 43.1 Å². The smallest absolute Gasteiger partial charge is 0.271 e. The van der Waals surface area contributed by atoms with Crippen LogP contribution in [0.4, 0.5) is 15.8 Å². The molecule has 0 atom stereocenters. The van der Waals surface area contributed by atoms with Gasteiger partial charge in [-0.3, -0.25) is 19.5 Å². The molecule has 0 radical (unpaired) electrons. The third-order valence-corrected chi connectivity index (χ3v) is 6.66. The lowest BCUT2D eigenvalue weighted by atomic mass is 9.95. The molecule has 2 aromatic carbocycles. The number of nitrogens with zero attached hydrogens (tertiary/aromatic N) is 4. The first-order valence-electron chi connectivity index (χ1n) is 10.9. The lowest BCUT2D eigenvalue weighted by Crippen LogP contribution is -2.18. The van der Waals surface area contributed by atoms with Gasteiger partial charge in [0.05, 0.1) is 29.0 Å². The average molecular weight is 486 g/mol. The van der Waals surface area contributed by atoms with E-state index in [0.29, 0.717) is 22.3 Å². The van der Waals surface area contributed by atoms with E-state index in [4.69, 9.17) is 4.74 Å². The Morgan fingerprint density at radius 2 is 2.00 bits per heavy atom. The molecule has 0 saturated heterocycles. The standard InChI is InChI=1S/C23H24FN5O4S/c1-33-20-12-11-16(29(31)32)13-19(20)25-21(30)14-34-23-27-26-22(17-9-5-6-10-18(17)24)28(23)15-7-3-2-4-8-15/h5-6,9-13,15H,2-4,7-8,14H2,1H3,(H,25,30). The van der Waals surface area contributed by atoms with Crippen LogP contribution in [0.25, 0.3) is 11.4 Å². The van der Waals surface area contributed by atoms with E-state index >= 15 is 0 Å². The monoisotopic (exact) mass is 485 g/mol. The van der Waals surface area contributed by atoms with E-state index in [1.807, 2.05) is 4.57 Å². The fourth-order valence-corrected chi connectivity index (χ4v) is 4.90. The zero-order chi connectivity index (χ0) is 24.1. The summed E-state index contributed by atoms with van der Waals surface area (Å²) in [4.78, 5) is 23.2. The Balaban J connectivity index is 1.55. The van der Waals surface area contributed by atoms with Crippen molar-refractivity contribution in [2.24, 2.45) is 0 Å². The summed E-state index contributed by atoms with van der Waals surface area (Å²) in [7, 11) is 1.42. The van der Waals surface area contributed by atoms with E-state index in [1.54, 1.807) is 18.2 Å². The van der Waals surface area contributed by atoms with Crippen LogP contribution in [0, 0.1) is 15.9 Å². The molecule has 0 bridgehead atoms. The number of nitro groups is 1. The van der Waals surface area contributed by atoms with Crippen LogP contribution in [0.2, 0.25) is 0 Å². The Morgan fingerprint density at radius 1 is 1.24 bits per heavy atom. The van der Waals surface area contributed by atoms with Gasteiger partial charge in [-0.1, -0.05) is 43.2 Å². The lowest BCUT2D eigenvalue weighted by Gasteiger charge is -2.25. The van der Waals surface area contributed by atoms with E-state index < -0.39 is 4.92 Å². The van der Waals surface area contributed by atoms with Gasteiger partial charge in [0, 0.05) is 18.2 Å². The molecule has 1 aliphatic rings. The number of halogens is 1. The number of amides is 1. The van der Waals surface area contributed by atoms with Crippen LogP contribution < -0.4 is 10.1 Å². The molecule has 1 saturated carbocycles. The Labute approximate surface area is 199 Å². The highest BCUT2D eigenvalue weighted by Gasteiger charge is 2.25. The fourth-order valence-electron chi connectivity index (χ4n) is 4.09. The molecule has 0 unspecified atom stereocenters. The topological polar surface area (TPSA) is 112 Å². The number of hydrogen-bond donors (Lipinski definition) is 1. The third-order valence-electron chi connectivity index (χ3n) is 5.72. The van der Waals surface area contributed by atoms with Crippen molar-refractivity contribution in [3.8, 4) is 17.1 Å². The van der Waals surface area contributed by atoms with Crippen LogP contribution in [0.1, 0.15) is 38.1 Å². The number of aromatic nitrogens is 3. The number of ether oxygens (including phenoxy) is 1. The summed E-state index contributed by atoms with van der Waals surface area (Å²) in [6.45, 7) is 0. The van der Waals surface area contributed by atoms with Crippen LogP contribution in [0.3, 0.4) is 0 Å². The molecule has 1 fully saturated rings. The summed E-state index contributed by atoms with van der Waals surface area (Å²) in [6.07, 6.45) is 5.16. The quantitative estimate of drug-likeness (QED) is 0.264. The van der Waals surface area contributed by atoms with Gasteiger partial charge in [-0.25, -0.2) is 4.39 Å². The SMILES string of the molecule is COc1ccc([N+](=O)[O-])cc1NC(=O)CSc1nnc(-c2ccccc2F)n1C1CCCCC1. The number of nitro benzene ring substituents is 1. The summed E-state index contributed by atoms with van der Waals surface area (Å²) in [6, 6.07) is 10.6. The van der Waals surface area contributed by atoms with E-state index in [9.17, 15) is 19.3 Å². The first-order chi connectivity index (χ1) is 16.5. The van der Waals surface area contributed by atoms with Crippen LogP contribution in [-0.2, 0) is 4.79 Å². The van der Waals surface area contributed by atoms with Crippen molar-refractivity contribution in [3.63, 3.8) is 0 Å². The molecule has 0 aliphatic heterocycles. The maximum absolute atomic E-state index is 14.5. The van der Waals surface area contributed by atoms with Gasteiger partial charge in [0.25, 0.3) is 5.69 Å². The summed E-state index contributed by atoms with van der Waals surface area (Å²) in [5.41, 5.74) is 0.427. The molecule has 178 valence electrons. The number of hydrogen-bond acceptors (Lipinski definition) is 7. The molecule has 0 spiro atoms. The van der Waals surface area contributed by atoms with Gasteiger partial charge < -0.3 is 10.1 Å². The Kier molecular flexibility index (Phi) is 7.41. The predicted molar refractivity (Wildman–Crippen MR) is 127 cm³/mol. The van der Waals surface area contributed by atoms with Crippen molar-refractivity contribution in [3.05, 3.63) is 58.4 Å². The van der Waals surface area contributed by atoms with Crippen molar-refractivity contribution < 1.29 is 18.8 Å². The maximum atomic E-state index is 14.5. The highest BCUT2D eigenvalue weighted by molar-refractivity contribution is 7.99. The molecule has 1 N–H and O–H groups in total. The molecule has 9 nitrogen and oxygen atoms in total. The summed E-state index contributed by atoms with van der Waals surface area (Å²) < 4.78 is 21.7. The number of non-ortho nitro benzene ring substituents is 1. The minimum atomic E-state index is -0.541. The molecular weight excluding hydrogens is 461 g/mol. The molecule has 1 aliphatic carbocycles. The molecule has 34 heavy (non-hydrogen) atoms. The highest BCUT2D eigenvalue weighted by atomic mass is 32.2. The maximum Gasteiger partial charge on any atom is 0.271 e. The molecule has 3 aromatic rings. The number of anilines is 1. The van der Waals surface area contributed by atoms with Gasteiger partial charge in [0.2, 0.25) is 5.91 Å². The molecule has 4 rings (SSSR count).